The number of carboxylic acids is 1. The van der Waals surface area contributed by atoms with Crippen LogP contribution in [-0.4, -0.2) is 54.4 Å². The molecule has 21 heavy (non-hydrogen) atoms. The maximum absolute atomic E-state index is 12.3. The van der Waals surface area contributed by atoms with E-state index in [0.29, 0.717) is 19.0 Å². The molecule has 1 aliphatic rings. The summed E-state index contributed by atoms with van der Waals surface area (Å²) in [5.41, 5.74) is -1.88. The Hall–Kier alpha value is -1.30. The summed E-state index contributed by atoms with van der Waals surface area (Å²) in [6, 6.07) is -0.190. The molecule has 2 amide bonds. The summed E-state index contributed by atoms with van der Waals surface area (Å²) in [6.07, 6.45) is 1.84. The zero-order valence-corrected chi connectivity index (χ0v) is 13.7. The number of piperidine rings is 1. The average molecular weight is 300 g/mol. The van der Waals surface area contributed by atoms with Crippen molar-refractivity contribution in [3.63, 3.8) is 0 Å². The molecule has 6 heteroatoms. The average Bonchev–Trinajstić information content (AvgIpc) is 2.39. The van der Waals surface area contributed by atoms with E-state index in [-0.39, 0.29) is 6.03 Å². The number of carboxylic acid groups (broad SMARTS) is 1. The highest BCUT2D eigenvalue weighted by Crippen LogP contribution is 2.31. The topological polar surface area (TPSA) is 78.9 Å². The first-order valence-electron chi connectivity index (χ1n) is 7.41. The van der Waals surface area contributed by atoms with Crippen molar-refractivity contribution in [1.82, 2.24) is 10.2 Å². The predicted molar refractivity (Wildman–Crippen MR) is 80.2 cm³/mol. The van der Waals surface area contributed by atoms with Gasteiger partial charge in [-0.05, 0) is 46.5 Å². The van der Waals surface area contributed by atoms with Crippen LogP contribution in [0.4, 0.5) is 4.79 Å². The molecule has 2 N–H and O–H groups in total. The van der Waals surface area contributed by atoms with Gasteiger partial charge in [-0.1, -0.05) is 0 Å². The Morgan fingerprint density at radius 1 is 1.24 bits per heavy atom. The first-order valence-corrected chi connectivity index (χ1v) is 7.41. The lowest BCUT2D eigenvalue weighted by atomic mass is 9.74. The van der Waals surface area contributed by atoms with Crippen LogP contribution in [0.1, 0.15) is 40.5 Å². The lowest BCUT2D eigenvalue weighted by Gasteiger charge is -2.41. The summed E-state index contributed by atoms with van der Waals surface area (Å²) in [5.74, 6) is -0.422. The zero-order chi connectivity index (χ0) is 16.3. The van der Waals surface area contributed by atoms with Gasteiger partial charge < -0.3 is 20.1 Å². The van der Waals surface area contributed by atoms with E-state index in [1.807, 2.05) is 0 Å². The molecule has 0 aliphatic carbocycles. The van der Waals surface area contributed by atoms with E-state index < -0.39 is 16.9 Å². The fraction of sp³-hybridized carbons (Fsp3) is 0.867. The molecule has 0 spiro atoms. The molecule has 1 heterocycles. The number of nitrogens with one attached hydrogen (secondary N) is 1. The number of nitrogens with zero attached hydrogens (tertiary/aromatic N) is 1. The van der Waals surface area contributed by atoms with Crippen LogP contribution in [0.25, 0.3) is 0 Å². The standard InChI is InChI=1S/C15H28N2O4/c1-14(2,12(18)19)15(3,4)16-13(20)17-8-6-11(7-9-17)10-21-5/h11H,6-10H2,1-5H3,(H,16,20)(H,18,19). The smallest absolute Gasteiger partial charge is 0.317 e. The van der Waals surface area contributed by atoms with Crippen molar-refractivity contribution >= 4 is 12.0 Å². The normalized spacial score (nSPS) is 17.7. The van der Waals surface area contributed by atoms with E-state index in [9.17, 15) is 14.7 Å². The molecule has 0 atom stereocenters. The first-order chi connectivity index (χ1) is 9.61. The molecule has 0 bridgehead atoms. The Morgan fingerprint density at radius 3 is 2.19 bits per heavy atom. The highest BCUT2D eigenvalue weighted by Gasteiger charge is 2.45. The van der Waals surface area contributed by atoms with Crippen LogP contribution in [0.5, 0.6) is 0 Å². The van der Waals surface area contributed by atoms with Gasteiger partial charge in [0.1, 0.15) is 0 Å². The summed E-state index contributed by atoms with van der Waals surface area (Å²) in [7, 11) is 1.69. The molecular weight excluding hydrogens is 272 g/mol. The summed E-state index contributed by atoms with van der Waals surface area (Å²) in [6.45, 7) is 8.84. The molecule has 0 aromatic carbocycles. The van der Waals surface area contributed by atoms with Gasteiger partial charge in [-0.15, -0.1) is 0 Å². The van der Waals surface area contributed by atoms with Crippen LogP contribution in [0, 0.1) is 11.3 Å². The number of likely N-dealkylation sites (tertiary alicyclic amines) is 1. The number of hydrogen-bond donors (Lipinski definition) is 2. The van der Waals surface area contributed by atoms with E-state index in [0.717, 1.165) is 19.4 Å². The summed E-state index contributed by atoms with van der Waals surface area (Å²) in [4.78, 5) is 25.5. The number of methoxy groups -OCH3 is 1. The molecule has 6 nitrogen and oxygen atoms in total. The van der Waals surface area contributed by atoms with E-state index in [2.05, 4.69) is 5.32 Å². The van der Waals surface area contributed by atoms with Crippen LogP contribution >= 0.6 is 0 Å². The van der Waals surface area contributed by atoms with E-state index >= 15 is 0 Å². The minimum Gasteiger partial charge on any atom is -0.481 e. The number of urea groups is 1. The van der Waals surface area contributed by atoms with Crippen LogP contribution in [0.2, 0.25) is 0 Å². The van der Waals surface area contributed by atoms with Gasteiger partial charge in [0.2, 0.25) is 0 Å². The third kappa shape index (κ3) is 4.09. The number of ether oxygens (including phenoxy) is 1. The van der Waals surface area contributed by atoms with Gasteiger partial charge in [-0.2, -0.15) is 0 Å². The van der Waals surface area contributed by atoms with Gasteiger partial charge in [0.25, 0.3) is 0 Å². The molecule has 0 aromatic heterocycles. The van der Waals surface area contributed by atoms with Crippen molar-refractivity contribution in [3.8, 4) is 0 Å². The molecule has 1 fully saturated rings. The Kier molecular flexibility index (Phi) is 5.61. The molecule has 1 saturated heterocycles. The van der Waals surface area contributed by atoms with Gasteiger partial charge >= 0.3 is 12.0 Å². The summed E-state index contributed by atoms with van der Waals surface area (Å²) >= 11 is 0. The lowest BCUT2D eigenvalue weighted by molar-refractivity contribution is -0.150. The second-order valence-corrected chi connectivity index (χ2v) is 6.87. The zero-order valence-electron chi connectivity index (χ0n) is 13.7. The number of carbonyl (C=O) groups excluding carboxylic acids is 1. The molecular formula is C15H28N2O4. The third-order valence-corrected chi connectivity index (χ3v) is 4.82. The highest BCUT2D eigenvalue weighted by atomic mass is 16.5. The van der Waals surface area contributed by atoms with Crippen LogP contribution < -0.4 is 5.32 Å². The third-order valence-electron chi connectivity index (χ3n) is 4.82. The fourth-order valence-corrected chi connectivity index (χ4v) is 2.31. The highest BCUT2D eigenvalue weighted by molar-refractivity contribution is 5.79. The maximum Gasteiger partial charge on any atom is 0.317 e. The Bertz CT molecular complexity index is 385. The maximum atomic E-state index is 12.3. The molecule has 0 aromatic rings. The lowest BCUT2D eigenvalue weighted by Crippen LogP contribution is -2.60. The van der Waals surface area contributed by atoms with E-state index in [1.165, 1.54) is 0 Å². The number of aliphatic carboxylic acids is 1. The van der Waals surface area contributed by atoms with Gasteiger partial charge in [0.05, 0.1) is 11.0 Å². The quantitative estimate of drug-likeness (QED) is 0.813. The van der Waals surface area contributed by atoms with Gasteiger partial charge in [0, 0.05) is 26.8 Å². The number of carbonyl (C=O) groups is 2. The minimum atomic E-state index is -1.04. The monoisotopic (exact) mass is 300 g/mol. The largest absolute Gasteiger partial charge is 0.481 e. The second kappa shape index (κ2) is 6.64. The number of rotatable bonds is 5. The van der Waals surface area contributed by atoms with E-state index in [4.69, 9.17) is 4.74 Å². The fourth-order valence-electron chi connectivity index (χ4n) is 2.31. The van der Waals surface area contributed by atoms with Crippen LogP contribution in [0.15, 0.2) is 0 Å². The second-order valence-electron chi connectivity index (χ2n) is 6.87. The van der Waals surface area contributed by atoms with Gasteiger partial charge in [-0.25, -0.2) is 4.79 Å². The SMILES string of the molecule is COCC1CCN(C(=O)NC(C)(C)C(C)(C)C(=O)O)CC1. The Morgan fingerprint density at radius 2 is 1.76 bits per heavy atom. The summed E-state index contributed by atoms with van der Waals surface area (Å²) < 4.78 is 5.14. The molecule has 0 unspecified atom stereocenters. The molecule has 122 valence electrons. The van der Waals surface area contributed by atoms with Gasteiger partial charge in [-0.3, -0.25) is 4.79 Å². The molecule has 0 radical (unpaired) electrons. The van der Waals surface area contributed by atoms with Gasteiger partial charge in [0.15, 0.2) is 0 Å². The van der Waals surface area contributed by atoms with Crippen molar-refractivity contribution in [3.05, 3.63) is 0 Å². The Balaban J connectivity index is 2.60. The molecule has 1 aliphatic heterocycles. The first kappa shape index (κ1) is 17.8. The number of hydrogen-bond acceptors (Lipinski definition) is 3. The van der Waals surface area contributed by atoms with Crippen molar-refractivity contribution in [2.75, 3.05) is 26.8 Å². The summed E-state index contributed by atoms with van der Waals surface area (Å²) in [5, 5.41) is 12.2. The minimum absolute atomic E-state index is 0.190. The van der Waals surface area contributed by atoms with Crippen molar-refractivity contribution < 1.29 is 19.4 Å². The van der Waals surface area contributed by atoms with E-state index in [1.54, 1.807) is 39.7 Å². The van der Waals surface area contributed by atoms with Crippen molar-refractivity contribution in [2.45, 2.75) is 46.1 Å². The molecule has 1 rings (SSSR count). The molecule has 0 saturated carbocycles. The van der Waals surface area contributed by atoms with Crippen molar-refractivity contribution in [2.24, 2.45) is 11.3 Å². The van der Waals surface area contributed by atoms with Crippen LogP contribution in [0.3, 0.4) is 0 Å². The predicted octanol–water partition coefficient (Wildman–Crippen LogP) is 1.94. The van der Waals surface area contributed by atoms with Crippen LogP contribution in [-0.2, 0) is 9.53 Å². The number of amides is 2. The Labute approximate surface area is 126 Å². The van der Waals surface area contributed by atoms with Crippen molar-refractivity contribution in [1.29, 1.82) is 0 Å².